The van der Waals surface area contributed by atoms with Crippen LogP contribution in [0.1, 0.15) is 35.5 Å². The van der Waals surface area contributed by atoms with Crippen LogP contribution < -0.4 is 5.32 Å². The highest BCUT2D eigenvalue weighted by Gasteiger charge is 2.20. The number of aromatic amines is 2. The summed E-state index contributed by atoms with van der Waals surface area (Å²) in [6.45, 7) is 4.80. The van der Waals surface area contributed by atoms with Gasteiger partial charge in [0.15, 0.2) is 0 Å². The minimum Gasteiger partial charge on any atom is -0.358 e. The number of hydrogen-bond acceptors (Lipinski definition) is 2. The van der Waals surface area contributed by atoms with Crippen molar-refractivity contribution in [2.75, 3.05) is 0 Å². The second-order valence-corrected chi connectivity index (χ2v) is 7.11. The van der Waals surface area contributed by atoms with Gasteiger partial charge in [-0.2, -0.15) is 0 Å². The van der Waals surface area contributed by atoms with Crippen LogP contribution in [0.2, 0.25) is 0 Å². The molecular formula is C22H25N5O. The highest BCUT2D eigenvalue weighted by Crippen LogP contribution is 2.23. The van der Waals surface area contributed by atoms with Gasteiger partial charge in [0.1, 0.15) is 6.04 Å². The normalized spacial score (nSPS) is 12.4. The van der Waals surface area contributed by atoms with E-state index in [2.05, 4.69) is 52.3 Å². The van der Waals surface area contributed by atoms with E-state index in [0.29, 0.717) is 13.0 Å². The largest absolute Gasteiger partial charge is 0.358 e. The molecule has 0 aliphatic rings. The Morgan fingerprint density at radius 2 is 2.11 bits per heavy atom. The van der Waals surface area contributed by atoms with Crippen molar-refractivity contribution in [1.29, 1.82) is 0 Å². The Labute approximate surface area is 164 Å². The van der Waals surface area contributed by atoms with E-state index in [0.717, 1.165) is 23.2 Å². The van der Waals surface area contributed by atoms with Gasteiger partial charge >= 0.3 is 0 Å². The standard InChI is InChI=1S/C22H25N5O/c1-3-19-15(2)18-10-16(6-7-20(18)26-19)12-24-22(28)21(27-8-4-5-9-27)11-17-13-23-14-25-17/h4-10,13-14,21,26H,3,11-12H2,1-2H3,(H,23,25)(H,24,28)/t21-/m1/s1. The molecule has 4 aromatic rings. The maximum atomic E-state index is 12.9. The van der Waals surface area contributed by atoms with Crippen LogP contribution in [-0.2, 0) is 24.2 Å². The first-order chi connectivity index (χ1) is 13.7. The van der Waals surface area contributed by atoms with E-state index < -0.39 is 0 Å². The van der Waals surface area contributed by atoms with Crippen LogP contribution in [-0.4, -0.2) is 25.4 Å². The number of nitrogens with zero attached hydrogens (tertiary/aromatic N) is 2. The second-order valence-electron chi connectivity index (χ2n) is 7.11. The summed E-state index contributed by atoms with van der Waals surface area (Å²) in [5, 5.41) is 4.33. The molecule has 0 fully saturated rings. The summed E-state index contributed by atoms with van der Waals surface area (Å²) in [7, 11) is 0. The molecule has 1 atom stereocenters. The lowest BCUT2D eigenvalue weighted by Gasteiger charge is -2.18. The molecular weight excluding hydrogens is 350 g/mol. The smallest absolute Gasteiger partial charge is 0.243 e. The summed E-state index contributed by atoms with van der Waals surface area (Å²) in [4.78, 5) is 23.6. The Morgan fingerprint density at radius 3 is 2.82 bits per heavy atom. The number of imidazole rings is 1. The Morgan fingerprint density at radius 1 is 1.29 bits per heavy atom. The number of carbonyl (C=O) groups is 1. The Bertz CT molecular complexity index is 1060. The predicted molar refractivity (Wildman–Crippen MR) is 110 cm³/mol. The predicted octanol–water partition coefficient (Wildman–Crippen LogP) is 3.66. The lowest BCUT2D eigenvalue weighted by Crippen LogP contribution is -2.33. The van der Waals surface area contributed by atoms with Crippen LogP contribution in [0.4, 0.5) is 0 Å². The number of nitrogens with one attached hydrogen (secondary N) is 3. The van der Waals surface area contributed by atoms with Crippen LogP contribution in [0.5, 0.6) is 0 Å². The molecule has 0 unspecified atom stereocenters. The van der Waals surface area contributed by atoms with Crippen molar-refractivity contribution in [1.82, 2.24) is 24.8 Å². The molecule has 6 nitrogen and oxygen atoms in total. The average Bonchev–Trinajstić information content (AvgIpc) is 3.46. The lowest BCUT2D eigenvalue weighted by molar-refractivity contribution is -0.124. The van der Waals surface area contributed by atoms with E-state index in [1.54, 1.807) is 12.5 Å². The van der Waals surface area contributed by atoms with Gasteiger partial charge in [0.05, 0.1) is 6.33 Å². The molecule has 28 heavy (non-hydrogen) atoms. The van der Waals surface area contributed by atoms with Gasteiger partial charge in [-0.1, -0.05) is 13.0 Å². The number of benzene rings is 1. The molecule has 1 aromatic carbocycles. The van der Waals surface area contributed by atoms with E-state index in [1.807, 2.05) is 29.1 Å². The molecule has 0 radical (unpaired) electrons. The maximum absolute atomic E-state index is 12.9. The molecule has 4 rings (SSSR count). The molecule has 0 spiro atoms. The van der Waals surface area contributed by atoms with E-state index >= 15 is 0 Å². The first kappa shape index (κ1) is 18.1. The number of amides is 1. The molecule has 0 aliphatic heterocycles. The molecule has 0 bridgehead atoms. The van der Waals surface area contributed by atoms with E-state index in [1.165, 1.54) is 16.6 Å². The van der Waals surface area contributed by atoms with Crippen LogP contribution in [0.3, 0.4) is 0 Å². The molecule has 3 N–H and O–H groups in total. The van der Waals surface area contributed by atoms with Crippen molar-refractivity contribution in [2.24, 2.45) is 0 Å². The lowest BCUT2D eigenvalue weighted by atomic mass is 10.1. The van der Waals surface area contributed by atoms with Crippen molar-refractivity contribution in [3.63, 3.8) is 0 Å². The summed E-state index contributed by atoms with van der Waals surface area (Å²) >= 11 is 0. The van der Waals surface area contributed by atoms with Crippen LogP contribution in [0, 0.1) is 6.92 Å². The van der Waals surface area contributed by atoms with Gasteiger partial charge in [-0.25, -0.2) is 4.98 Å². The molecule has 1 amide bonds. The van der Waals surface area contributed by atoms with Crippen LogP contribution >= 0.6 is 0 Å². The SMILES string of the molecule is CCc1[nH]c2ccc(CNC(=O)[C@@H](Cc3cnc[nH]3)n3cccc3)cc2c1C. The summed E-state index contributed by atoms with van der Waals surface area (Å²) < 4.78 is 1.93. The zero-order valence-corrected chi connectivity index (χ0v) is 16.2. The van der Waals surface area contributed by atoms with Crippen molar-refractivity contribution >= 4 is 16.8 Å². The fraction of sp³-hybridized carbons (Fsp3) is 0.273. The summed E-state index contributed by atoms with van der Waals surface area (Å²) in [5.74, 6) is -0.00839. The number of aromatic nitrogens is 4. The second kappa shape index (κ2) is 7.76. The van der Waals surface area contributed by atoms with Crippen molar-refractivity contribution in [3.8, 4) is 0 Å². The third-order valence-electron chi connectivity index (χ3n) is 5.30. The topological polar surface area (TPSA) is 78.5 Å². The zero-order chi connectivity index (χ0) is 19.5. The third-order valence-corrected chi connectivity index (χ3v) is 5.30. The number of H-pyrrole nitrogens is 2. The van der Waals surface area contributed by atoms with E-state index in [4.69, 9.17) is 0 Å². The highest BCUT2D eigenvalue weighted by atomic mass is 16.2. The van der Waals surface area contributed by atoms with Gasteiger partial charge in [-0.05, 0) is 48.7 Å². The monoisotopic (exact) mass is 375 g/mol. The first-order valence-electron chi connectivity index (χ1n) is 9.63. The van der Waals surface area contributed by atoms with Gasteiger partial charge < -0.3 is 19.9 Å². The highest BCUT2D eigenvalue weighted by molar-refractivity contribution is 5.85. The fourth-order valence-electron chi connectivity index (χ4n) is 3.69. The number of rotatable bonds is 7. The number of aryl methyl sites for hydroxylation is 2. The molecule has 6 heteroatoms. The minimum atomic E-state index is -0.320. The number of fused-ring (bicyclic) bond motifs is 1. The minimum absolute atomic E-state index is 0.00839. The number of hydrogen-bond donors (Lipinski definition) is 3. The van der Waals surface area contributed by atoms with Crippen LogP contribution in [0.15, 0.2) is 55.2 Å². The van der Waals surface area contributed by atoms with Gasteiger partial charge in [0, 0.05) is 53.8 Å². The Kier molecular flexibility index (Phi) is 5.02. The Hall–Kier alpha value is -3.28. The summed E-state index contributed by atoms with van der Waals surface area (Å²) in [6.07, 6.45) is 8.79. The summed E-state index contributed by atoms with van der Waals surface area (Å²) in [5.41, 5.74) is 5.73. The van der Waals surface area contributed by atoms with Crippen molar-refractivity contribution in [3.05, 3.63) is 77.8 Å². The quantitative estimate of drug-likeness (QED) is 0.461. The fourth-order valence-corrected chi connectivity index (χ4v) is 3.69. The van der Waals surface area contributed by atoms with Crippen molar-refractivity contribution < 1.29 is 4.79 Å². The summed E-state index contributed by atoms with van der Waals surface area (Å²) in [6, 6.07) is 9.87. The van der Waals surface area contributed by atoms with Gasteiger partial charge in [0.25, 0.3) is 0 Å². The average molecular weight is 375 g/mol. The van der Waals surface area contributed by atoms with Gasteiger partial charge in [-0.3, -0.25) is 4.79 Å². The molecule has 3 heterocycles. The number of carbonyl (C=O) groups excluding carboxylic acids is 1. The van der Waals surface area contributed by atoms with Gasteiger partial charge in [0.2, 0.25) is 5.91 Å². The molecule has 0 aliphatic carbocycles. The van der Waals surface area contributed by atoms with E-state index in [9.17, 15) is 4.79 Å². The van der Waals surface area contributed by atoms with Gasteiger partial charge in [-0.15, -0.1) is 0 Å². The van der Waals surface area contributed by atoms with Crippen LogP contribution in [0.25, 0.3) is 10.9 Å². The molecule has 3 aromatic heterocycles. The molecule has 0 saturated heterocycles. The molecule has 0 saturated carbocycles. The van der Waals surface area contributed by atoms with Crippen molar-refractivity contribution in [2.45, 2.75) is 39.3 Å². The zero-order valence-electron chi connectivity index (χ0n) is 16.2. The van der Waals surface area contributed by atoms with E-state index in [-0.39, 0.29) is 11.9 Å². The third kappa shape index (κ3) is 3.58. The maximum Gasteiger partial charge on any atom is 0.243 e. The first-order valence-corrected chi connectivity index (χ1v) is 9.63. The molecule has 144 valence electrons. The Balaban J connectivity index is 1.50.